The number of hydrogen-bond acceptors (Lipinski definition) is 4. The minimum absolute atomic E-state index is 0.0804. The first-order valence-electron chi connectivity index (χ1n) is 5.85. The van der Waals surface area contributed by atoms with Crippen molar-refractivity contribution in [2.45, 2.75) is 25.3 Å². The van der Waals surface area contributed by atoms with Gasteiger partial charge in [-0.2, -0.15) is 0 Å². The van der Waals surface area contributed by atoms with Gasteiger partial charge in [-0.1, -0.05) is 23.7 Å². The van der Waals surface area contributed by atoms with Gasteiger partial charge in [-0.25, -0.2) is 0 Å². The molecule has 2 atom stereocenters. The Balaban J connectivity index is 2.94. The number of carbonyl (C=O) groups is 2. The monoisotopic (exact) mass is 285 g/mol. The van der Waals surface area contributed by atoms with Gasteiger partial charge in [-0.05, 0) is 24.6 Å². The maximum Gasteiger partial charge on any atom is 0.321 e. The number of halogens is 1. The van der Waals surface area contributed by atoms with Crippen LogP contribution in [0.2, 0.25) is 5.02 Å². The van der Waals surface area contributed by atoms with E-state index in [1.54, 1.807) is 31.2 Å². The molecule has 0 saturated heterocycles. The number of hydrogen-bond donors (Lipinski definition) is 2. The molecule has 0 fully saturated rings. The van der Waals surface area contributed by atoms with E-state index in [4.69, 9.17) is 27.2 Å². The Hall–Kier alpha value is -1.59. The lowest BCUT2D eigenvalue weighted by Gasteiger charge is -2.20. The van der Waals surface area contributed by atoms with Crippen LogP contribution in [0.3, 0.4) is 0 Å². The third kappa shape index (κ3) is 4.54. The highest BCUT2D eigenvalue weighted by molar-refractivity contribution is 6.30. The lowest BCUT2D eigenvalue weighted by molar-refractivity contribution is -0.144. The largest absolute Gasteiger partial charge is 0.480 e. The molecule has 0 aliphatic heterocycles. The predicted molar refractivity (Wildman–Crippen MR) is 71.1 cm³/mol. The smallest absolute Gasteiger partial charge is 0.321 e. The Labute approximate surface area is 116 Å². The molecule has 19 heavy (non-hydrogen) atoms. The molecule has 0 bridgehead atoms. The molecule has 0 aliphatic carbocycles. The van der Waals surface area contributed by atoms with E-state index in [0.29, 0.717) is 10.6 Å². The molecule has 0 amide bonds. The summed E-state index contributed by atoms with van der Waals surface area (Å²) in [6, 6.07) is 5.41. The van der Waals surface area contributed by atoms with Gasteiger partial charge in [0.15, 0.2) is 0 Å². The second kappa shape index (κ2) is 7.11. The van der Waals surface area contributed by atoms with Crippen LogP contribution < -0.4 is 5.73 Å². The third-order valence-electron chi connectivity index (χ3n) is 2.71. The summed E-state index contributed by atoms with van der Waals surface area (Å²) in [5.41, 5.74) is 6.28. The van der Waals surface area contributed by atoms with Gasteiger partial charge in [-0.3, -0.25) is 9.59 Å². The summed E-state index contributed by atoms with van der Waals surface area (Å²) in [6.07, 6.45) is -0.0804. The van der Waals surface area contributed by atoms with E-state index in [0.717, 1.165) is 0 Å². The van der Waals surface area contributed by atoms with Crippen LogP contribution in [0, 0.1) is 0 Å². The predicted octanol–water partition coefficient (Wildman–Crippen LogP) is 1.79. The highest BCUT2D eigenvalue weighted by Crippen LogP contribution is 2.25. The lowest BCUT2D eigenvalue weighted by atomic mass is 9.89. The fraction of sp³-hybridized carbons (Fsp3) is 0.385. The van der Waals surface area contributed by atoms with Gasteiger partial charge >= 0.3 is 11.9 Å². The van der Waals surface area contributed by atoms with Gasteiger partial charge in [0.2, 0.25) is 0 Å². The zero-order valence-corrected chi connectivity index (χ0v) is 11.3. The quantitative estimate of drug-likeness (QED) is 0.778. The summed E-state index contributed by atoms with van der Waals surface area (Å²) in [5.74, 6) is -2.28. The first-order chi connectivity index (χ1) is 8.95. The number of carboxylic acid groups (broad SMARTS) is 1. The standard InChI is InChI=1S/C13H16ClNO4/c1-2-19-11(16)7-10(12(15)13(17)18)8-3-5-9(14)6-4-8/h3-6,10,12H,2,7,15H2,1H3,(H,17,18)/t10-,12+/m0/s1. The minimum Gasteiger partial charge on any atom is -0.480 e. The van der Waals surface area contributed by atoms with Crippen LogP contribution in [0.5, 0.6) is 0 Å². The van der Waals surface area contributed by atoms with Crippen LogP contribution >= 0.6 is 11.6 Å². The van der Waals surface area contributed by atoms with Gasteiger partial charge < -0.3 is 15.6 Å². The van der Waals surface area contributed by atoms with Gasteiger partial charge in [0.25, 0.3) is 0 Å². The Kier molecular flexibility index (Phi) is 5.79. The second-order valence-electron chi connectivity index (χ2n) is 4.03. The molecule has 0 saturated carbocycles. The number of rotatable bonds is 6. The molecule has 6 heteroatoms. The maximum absolute atomic E-state index is 11.5. The molecule has 1 aromatic carbocycles. The highest BCUT2D eigenvalue weighted by Gasteiger charge is 2.28. The van der Waals surface area contributed by atoms with E-state index < -0.39 is 23.9 Å². The molecule has 0 aromatic heterocycles. The molecule has 0 spiro atoms. The van der Waals surface area contributed by atoms with Crippen LogP contribution in [0.25, 0.3) is 0 Å². The van der Waals surface area contributed by atoms with Crippen LogP contribution in [0.15, 0.2) is 24.3 Å². The van der Waals surface area contributed by atoms with Crippen LogP contribution in [-0.4, -0.2) is 29.7 Å². The van der Waals surface area contributed by atoms with Crippen molar-refractivity contribution >= 4 is 23.5 Å². The fourth-order valence-corrected chi connectivity index (χ4v) is 1.86. The van der Waals surface area contributed by atoms with Crippen molar-refractivity contribution in [1.82, 2.24) is 0 Å². The van der Waals surface area contributed by atoms with Crippen molar-refractivity contribution in [2.24, 2.45) is 5.73 Å². The van der Waals surface area contributed by atoms with Crippen molar-refractivity contribution in [3.8, 4) is 0 Å². The topological polar surface area (TPSA) is 89.6 Å². The number of nitrogens with two attached hydrogens (primary N) is 1. The summed E-state index contributed by atoms with van der Waals surface area (Å²) in [5, 5.41) is 9.54. The Bertz CT molecular complexity index is 446. The van der Waals surface area contributed by atoms with Crippen molar-refractivity contribution < 1.29 is 19.4 Å². The van der Waals surface area contributed by atoms with Gasteiger partial charge in [0.1, 0.15) is 6.04 Å². The molecule has 5 nitrogen and oxygen atoms in total. The van der Waals surface area contributed by atoms with E-state index in [1.807, 2.05) is 0 Å². The summed E-state index contributed by atoms with van der Waals surface area (Å²) in [6.45, 7) is 1.93. The molecule has 0 unspecified atom stereocenters. The first-order valence-corrected chi connectivity index (χ1v) is 6.23. The SMILES string of the molecule is CCOC(=O)C[C@@H](c1ccc(Cl)cc1)[C@@H](N)C(=O)O. The van der Waals surface area contributed by atoms with E-state index >= 15 is 0 Å². The molecule has 0 aliphatic rings. The average molecular weight is 286 g/mol. The van der Waals surface area contributed by atoms with Crippen LogP contribution in [0.4, 0.5) is 0 Å². The Morgan fingerprint density at radius 1 is 1.37 bits per heavy atom. The molecular weight excluding hydrogens is 270 g/mol. The number of esters is 1. The van der Waals surface area contributed by atoms with Crippen LogP contribution in [-0.2, 0) is 14.3 Å². The van der Waals surface area contributed by atoms with Crippen molar-refractivity contribution in [3.63, 3.8) is 0 Å². The van der Waals surface area contributed by atoms with E-state index in [2.05, 4.69) is 0 Å². The lowest BCUT2D eigenvalue weighted by Crippen LogP contribution is -2.37. The average Bonchev–Trinajstić information content (AvgIpc) is 2.36. The van der Waals surface area contributed by atoms with Crippen molar-refractivity contribution in [2.75, 3.05) is 6.61 Å². The summed E-state index contributed by atoms with van der Waals surface area (Å²) in [4.78, 5) is 22.5. The molecule has 104 valence electrons. The van der Waals surface area contributed by atoms with Crippen molar-refractivity contribution in [1.29, 1.82) is 0 Å². The fourth-order valence-electron chi connectivity index (χ4n) is 1.73. The van der Waals surface area contributed by atoms with Gasteiger partial charge in [0.05, 0.1) is 13.0 Å². The summed E-state index contributed by atoms with van der Waals surface area (Å²) >= 11 is 5.77. The second-order valence-corrected chi connectivity index (χ2v) is 4.47. The molecule has 0 radical (unpaired) electrons. The highest BCUT2D eigenvalue weighted by atomic mass is 35.5. The Morgan fingerprint density at radius 2 is 1.95 bits per heavy atom. The normalized spacial score (nSPS) is 13.6. The molecular formula is C13H16ClNO4. The molecule has 1 rings (SSSR count). The maximum atomic E-state index is 11.5. The zero-order chi connectivity index (χ0) is 14.4. The number of ether oxygens (including phenoxy) is 1. The van der Waals surface area contributed by atoms with Gasteiger partial charge in [0, 0.05) is 10.9 Å². The summed E-state index contributed by atoms with van der Waals surface area (Å²) in [7, 11) is 0. The molecule has 0 heterocycles. The first kappa shape index (κ1) is 15.5. The minimum atomic E-state index is -1.18. The third-order valence-corrected chi connectivity index (χ3v) is 2.96. The van der Waals surface area contributed by atoms with E-state index in [-0.39, 0.29) is 13.0 Å². The number of carboxylic acids is 1. The number of aliphatic carboxylic acids is 1. The van der Waals surface area contributed by atoms with Crippen molar-refractivity contribution in [3.05, 3.63) is 34.9 Å². The number of benzene rings is 1. The Morgan fingerprint density at radius 3 is 2.42 bits per heavy atom. The van der Waals surface area contributed by atoms with Crippen LogP contribution in [0.1, 0.15) is 24.8 Å². The molecule has 1 aromatic rings. The molecule has 3 N–H and O–H groups in total. The van der Waals surface area contributed by atoms with Gasteiger partial charge in [-0.15, -0.1) is 0 Å². The van der Waals surface area contributed by atoms with E-state index in [1.165, 1.54) is 0 Å². The summed E-state index contributed by atoms with van der Waals surface area (Å²) < 4.78 is 4.83. The number of carbonyl (C=O) groups excluding carboxylic acids is 1. The zero-order valence-electron chi connectivity index (χ0n) is 10.5. The van der Waals surface area contributed by atoms with E-state index in [9.17, 15) is 9.59 Å².